The number of furan rings is 1. The highest BCUT2D eigenvalue weighted by molar-refractivity contribution is 9.10. The summed E-state index contributed by atoms with van der Waals surface area (Å²) in [5.41, 5.74) is 7.58. The van der Waals surface area contributed by atoms with Crippen molar-refractivity contribution in [1.29, 1.82) is 0 Å². The lowest BCUT2D eigenvalue weighted by molar-refractivity contribution is 0.0923. The number of aromatic nitrogens is 1. The lowest BCUT2D eigenvalue weighted by atomic mass is 10.1. The SMILES string of the molecule is COc1cc(Br)cc(C=NNC(=O)c2ccc(COc3ccc(-n4c(C)ccc4C)cc3)o2)c1OCc1cccc2ccccc12. The van der Waals surface area contributed by atoms with E-state index in [0.717, 1.165) is 26.5 Å². The molecule has 1 amide bonds. The van der Waals surface area contributed by atoms with E-state index >= 15 is 0 Å². The fraction of sp³-hybridized carbons (Fsp3) is 0.135. The third-order valence-corrected chi connectivity index (χ3v) is 7.98. The predicted octanol–water partition coefficient (Wildman–Crippen LogP) is 8.53. The van der Waals surface area contributed by atoms with Gasteiger partial charge in [0, 0.05) is 27.1 Å². The smallest absolute Gasteiger partial charge is 0.307 e. The summed E-state index contributed by atoms with van der Waals surface area (Å²) < 4.78 is 26.4. The Balaban J connectivity index is 1.08. The highest BCUT2D eigenvalue weighted by Crippen LogP contribution is 2.35. The van der Waals surface area contributed by atoms with Gasteiger partial charge >= 0.3 is 5.91 Å². The van der Waals surface area contributed by atoms with Crippen LogP contribution in [0, 0.1) is 13.8 Å². The Bertz CT molecular complexity index is 2000. The molecule has 0 aliphatic heterocycles. The number of nitrogens with one attached hydrogen (secondary N) is 1. The average Bonchev–Trinajstić information content (AvgIpc) is 3.69. The molecular weight excluding hydrogens is 646 g/mol. The molecule has 0 fully saturated rings. The summed E-state index contributed by atoms with van der Waals surface area (Å²) in [6.07, 6.45) is 1.51. The minimum atomic E-state index is -0.496. The molecule has 0 spiro atoms. The van der Waals surface area contributed by atoms with E-state index in [0.29, 0.717) is 35.2 Å². The van der Waals surface area contributed by atoms with Gasteiger partial charge in [-0.05, 0) is 90.8 Å². The minimum Gasteiger partial charge on any atom is -0.493 e. The molecule has 0 saturated carbocycles. The van der Waals surface area contributed by atoms with Crippen molar-refractivity contribution in [3.05, 3.63) is 142 Å². The standard InChI is InChI=1S/C37H32BrN3O5/c1-24-11-12-25(2)41(24)30-13-15-31(16-14-30)44-23-32-17-18-34(46-32)37(42)40-39-21-28-19-29(38)20-35(43-3)36(28)45-22-27-9-6-8-26-7-4-5-10-33(26)27/h4-21H,22-23H2,1-3H3,(H,40,42). The number of methoxy groups -OCH3 is 1. The van der Waals surface area contributed by atoms with Crippen molar-refractivity contribution in [3.8, 4) is 22.9 Å². The van der Waals surface area contributed by atoms with Gasteiger partial charge in [0.2, 0.25) is 0 Å². The maximum absolute atomic E-state index is 12.8. The number of amides is 1. The van der Waals surface area contributed by atoms with Crippen LogP contribution < -0.4 is 19.6 Å². The number of carbonyl (C=O) groups excluding carboxylic acids is 1. The van der Waals surface area contributed by atoms with Crippen LogP contribution in [0.15, 0.2) is 117 Å². The van der Waals surface area contributed by atoms with E-state index in [1.54, 1.807) is 19.2 Å². The van der Waals surface area contributed by atoms with Gasteiger partial charge in [-0.3, -0.25) is 4.79 Å². The van der Waals surface area contributed by atoms with Gasteiger partial charge in [-0.1, -0.05) is 58.4 Å². The van der Waals surface area contributed by atoms with Crippen molar-refractivity contribution >= 4 is 38.8 Å². The third-order valence-electron chi connectivity index (χ3n) is 7.52. The van der Waals surface area contributed by atoms with E-state index < -0.39 is 5.91 Å². The van der Waals surface area contributed by atoms with Gasteiger partial charge < -0.3 is 23.2 Å². The number of benzene rings is 4. The van der Waals surface area contributed by atoms with Crippen LogP contribution in [0.3, 0.4) is 0 Å². The van der Waals surface area contributed by atoms with Crippen molar-refractivity contribution in [1.82, 2.24) is 9.99 Å². The van der Waals surface area contributed by atoms with Gasteiger partial charge in [-0.15, -0.1) is 0 Å². The zero-order valence-corrected chi connectivity index (χ0v) is 27.2. The van der Waals surface area contributed by atoms with E-state index in [2.05, 4.69) is 75.2 Å². The molecule has 1 N–H and O–H groups in total. The van der Waals surface area contributed by atoms with Crippen LogP contribution in [0.5, 0.6) is 17.2 Å². The number of aryl methyl sites for hydroxylation is 2. The monoisotopic (exact) mass is 677 g/mol. The highest BCUT2D eigenvalue weighted by atomic mass is 79.9. The molecule has 46 heavy (non-hydrogen) atoms. The molecule has 0 aliphatic carbocycles. The van der Waals surface area contributed by atoms with Crippen LogP contribution >= 0.6 is 15.9 Å². The minimum absolute atomic E-state index is 0.115. The van der Waals surface area contributed by atoms with Crippen LogP contribution in [0.4, 0.5) is 0 Å². The Labute approximate surface area is 275 Å². The Morgan fingerprint density at radius 2 is 1.65 bits per heavy atom. The first-order valence-corrected chi connectivity index (χ1v) is 15.5. The van der Waals surface area contributed by atoms with Crippen LogP contribution in [0.2, 0.25) is 0 Å². The van der Waals surface area contributed by atoms with Crippen LogP contribution in [-0.4, -0.2) is 23.8 Å². The molecule has 0 aliphatic rings. The Hall–Kier alpha value is -5.28. The lowest BCUT2D eigenvalue weighted by Crippen LogP contribution is -2.17. The number of hydrogen-bond donors (Lipinski definition) is 1. The molecule has 8 nitrogen and oxygen atoms in total. The van der Waals surface area contributed by atoms with E-state index in [1.807, 2.05) is 60.7 Å². The number of nitrogens with zero attached hydrogens (tertiary/aromatic N) is 2. The Morgan fingerprint density at radius 3 is 2.43 bits per heavy atom. The number of carbonyl (C=O) groups is 1. The van der Waals surface area contributed by atoms with E-state index in [4.69, 9.17) is 18.6 Å². The molecule has 0 atom stereocenters. The Morgan fingerprint density at radius 1 is 0.891 bits per heavy atom. The molecule has 4 aromatic carbocycles. The number of rotatable bonds is 11. The van der Waals surface area contributed by atoms with Crippen molar-refractivity contribution < 1.29 is 23.4 Å². The maximum atomic E-state index is 12.8. The summed E-state index contributed by atoms with van der Waals surface area (Å²) in [4.78, 5) is 12.8. The largest absolute Gasteiger partial charge is 0.493 e. The fourth-order valence-corrected chi connectivity index (χ4v) is 5.73. The summed E-state index contributed by atoms with van der Waals surface area (Å²) in [6.45, 7) is 4.64. The molecule has 9 heteroatoms. The number of hydrogen-bond acceptors (Lipinski definition) is 6. The van der Waals surface area contributed by atoms with Gasteiger partial charge in [0.25, 0.3) is 0 Å². The molecular formula is C37H32BrN3O5. The van der Waals surface area contributed by atoms with Gasteiger partial charge in [0.15, 0.2) is 17.3 Å². The normalized spacial score (nSPS) is 11.2. The molecule has 0 radical (unpaired) electrons. The molecule has 2 aromatic heterocycles. The molecule has 6 aromatic rings. The first-order valence-electron chi connectivity index (χ1n) is 14.7. The van der Waals surface area contributed by atoms with Crippen LogP contribution in [0.1, 0.15) is 38.8 Å². The topological polar surface area (TPSA) is 87.2 Å². The van der Waals surface area contributed by atoms with Crippen molar-refractivity contribution in [2.75, 3.05) is 7.11 Å². The molecule has 6 rings (SSSR count). The number of fused-ring (bicyclic) bond motifs is 1. The van der Waals surface area contributed by atoms with Gasteiger partial charge in [-0.2, -0.15) is 5.10 Å². The van der Waals surface area contributed by atoms with E-state index in [1.165, 1.54) is 17.6 Å². The van der Waals surface area contributed by atoms with E-state index in [-0.39, 0.29) is 12.4 Å². The van der Waals surface area contributed by atoms with Gasteiger partial charge in [0.05, 0.1) is 13.3 Å². The fourth-order valence-electron chi connectivity index (χ4n) is 5.27. The van der Waals surface area contributed by atoms with Gasteiger partial charge in [-0.25, -0.2) is 5.43 Å². The zero-order chi connectivity index (χ0) is 32.0. The molecule has 2 heterocycles. The average molecular weight is 679 g/mol. The molecule has 0 unspecified atom stereocenters. The predicted molar refractivity (Wildman–Crippen MR) is 182 cm³/mol. The second-order valence-corrected chi connectivity index (χ2v) is 11.6. The summed E-state index contributed by atoms with van der Waals surface area (Å²) >= 11 is 3.51. The van der Waals surface area contributed by atoms with Crippen molar-refractivity contribution in [2.24, 2.45) is 5.10 Å². The zero-order valence-electron chi connectivity index (χ0n) is 25.6. The lowest BCUT2D eigenvalue weighted by Gasteiger charge is -2.15. The second-order valence-electron chi connectivity index (χ2n) is 10.7. The summed E-state index contributed by atoms with van der Waals surface area (Å²) in [7, 11) is 1.58. The van der Waals surface area contributed by atoms with Crippen molar-refractivity contribution in [3.63, 3.8) is 0 Å². The molecule has 232 valence electrons. The number of hydrazone groups is 1. The third kappa shape index (κ3) is 6.84. The van der Waals surface area contributed by atoms with E-state index in [9.17, 15) is 4.79 Å². The summed E-state index contributed by atoms with van der Waals surface area (Å²) in [5, 5.41) is 6.42. The second kappa shape index (κ2) is 13.8. The number of ether oxygens (including phenoxy) is 3. The van der Waals surface area contributed by atoms with Crippen LogP contribution in [0.25, 0.3) is 16.5 Å². The van der Waals surface area contributed by atoms with Gasteiger partial charge in [0.1, 0.15) is 24.7 Å². The summed E-state index contributed by atoms with van der Waals surface area (Å²) in [6, 6.07) is 33.2. The maximum Gasteiger partial charge on any atom is 0.307 e. The molecule has 0 saturated heterocycles. The quantitative estimate of drug-likeness (QED) is 0.110. The first kappa shape index (κ1) is 30.7. The first-order chi connectivity index (χ1) is 22.4. The highest BCUT2D eigenvalue weighted by Gasteiger charge is 2.15. The van der Waals surface area contributed by atoms with Crippen molar-refractivity contribution in [2.45, 2.75) is 27.1 Å². The number of halogens is 1. The summed E-state index contributed by atoms with van der Waals surface area (Å²) in [5.74, 6) is 1.86. The molecule has 0 bridgehead atoms. The Kier molecular flexibility index (Phi) is 9.21. The van der Waals surface area contributed by atoms with Crippen LogP contribution in [-0.2, 0) is 13.2 Å².